The average molecular weight is 491 g/mol. The van der Waals surface area contributed by atoms with Crippen molar-refractivity contribution in [1.82, 2.24) is 4.57 Å². The summed E-state index contributed by atoms with van der Waals surface area (Å²) < 4.78 is 1.95. The Labute approximate surface area is 214 Å². The summed E-state index contributed by atoms with van der Waals surface area (Å²) in [6.07, 6.45) is 4.31. The molecule has 36 heavy (non-hydrogen) atoms. The van der Waals surface area contributed by atoms with Gasteiger partial charge in [-0.1, -0.05) is 54.6 Å². The molecule has 1 aliphatic carbocycles. The number of nitrogens with zero attached hydrogens (tertiary/aromatic N) is 1. The van der Waals surface area contributed by atoms with E-state index in [1.54, 1.807) is 0 Å². The maximum atomic E-state index is 13.4. The van der Waals surface area contributed by atoms with Crippen LogP contribution in [-0.4, -0.2) is 22.1 Å². The smallest absolute Gasteiger partial charge is 0.255 e. The van der Waals surface area contributed by atoms with E-state index >= 15 is 0 Å². The molecular formula is C31H26N2O2S. The highest BCUT2D eigenvalue weighted by atomic mass is 32.2. The number of benzene rings is 4. The molecule has 5 aromatic rings. The highest BCUT2D eigenvalue weighted by molar-refractivity contribution is 8.00. The summed E-state index contributed by atoms with van der Waals surface area (Å²) >= 11 is 1.50. The third-order valence-electron chi connectivity index (χ3n) is 6.89. The van der Waals surface area contributed by atoms with Crippen LogP contribution in [0.15, 0.2) is 95.9 Å². The standard InChI is InChI=1S/C31H26N2O2S/c34-30(33-28-14-5-3-12-26(28)27-13-4-6-15-29(27)33)20-36-25-11-7-10-24(19-25)32-31(35)23-17-16-21-8-1-2-9-22(21)18-23/h1-3,5,7-12,14,16-19H,4,6,13,15,20H2,(H,32,35). The van der Waals surface area contributed by atoms with Crippen molar-refractivity contribution in [1.29, 1.82) is 0 Å². The summed E-state index contributed by atoms with van der Waals surface area (Å²) in [5.41, 5.74) is 4.88. The molecule has 178 valence electrons. The second kappa shape index (κ2) is 9.67. The Balaban J connectivity index is 1.18. The van der Waals surface area contributed by atoms with Crippen molar-refractivity contribution in [2.45, 2.75) is 30.6 Å². The Morgan fingerprint density at radius 3 is 2.53 bits per heavy atom. The third kappa shape index (κ3) is 4.31. The molecule has 0 aliphatic heterocycles. The van der Waals surface area contributed by atoms with Crippen molar-refractivity contribution in [3.05, 3.63) is 108 Å². The summed E-state index contributed by atoms with van der Waals surface area (Å²) in [5, 5.41) is 6.35. The maximum absolute atomic E-state index is 13.4. The number of para-hydroxylation sites is 1. The third-order valence-corrected chi connectivity index (χ3v) is 7.87. The molecule has 1 amide bonds. The topological polar surface area (TPSA) is 51.1 Å². The Morgan fingerprint density at radius 1 is 0.806 bits per heavy atom. The number of hydrogen-bond donors (Lipinski definition) is 1. The largest absolute Gasteiger partial charge is 0.322 e. The number of hydrogen-bond acceptors (Lipinski definition) is 3. The van der Waals surface area contributed by atoms with Gasteiger partial charge in [0.25, 0.3) is 5.91 Å². The predicted molar refractivity (Wildman–Crippen MR) is 148 cm³/mol. The number of anilines is 1. The minimum atomic E-state index is -0.149. The maximum Gasteiger partial charge on any atom is 0.255 e. The highest BCUT2D eigenvalue weighted by Crippen LogP contribution is 2.33. The van der Waals surface area contributed by atoms with Gasteiger partial charge in [0.1, 0.15) is 0 Å². The van der Waals surface area contributed by atoms with Gasteiger partial charge in [-0.2, -0.15) is 0 Å². The molecule has 0 bridgehead atoms. The van der Waals surface area contributed by atoms with Gasteiger partial charge in [-0.15, -0.1) is 11.8 Å². The molecule has 4 aromatic carbocycles. The van der Waals surface area contributed by atoms with Gasteiger partial charge in [0, 0.05) is 27.2 Å². The number of thioether (sulfide) groups is 1. The summed E-state index contributed by atoms with van der Waals surface area (Å²) in [6.45, 7) is 0. The van der Waals surface area contributed by atoms with Crippen LogP contribution in [0.5, 0.6) is 0 Å². The number of nitrogens with one attached hydrogen (secondary N) is 1. The van der Waals surface area contributed by atoms with Crippen LogP contribution in [0, 0.1) is 0 Å². The fraction of sp³-hybridized carbons (Fsp3) is 0.161. The van der Waals surface area contributed by atoms with E-state index in [-0.39, 0.29) is 11.8 Å². The SMILES string of the molecule is O=C(Nc1cccc(SCC(=O)n2c3c(c4ccccc42)CCCC3)c1)c1ccc2ccccc2c1. The number of aromatic nitrogens is 1. The first-order valence-corrected chi connectivity index (χ1v) is 13.3. The highest BCUT2D eigenvalue weighted by Gasteiger charge is 2.23. The van der Waals surface area contributed by atoms with Crippen molar-refractivity contribution in [2.75, 3.05) is 11.1 Å². The molecule has 1 N–H and O–H groups in total. The van der Waals surface area contributed by atoms with Crippen LogP contribution in [-0.2, 0) is 12.8 Å². The lowest BCUT2D eigenvalue weighted by Gasteiger charge is -2.15. The molecule has 0 spiro atoms. The van der Waals surface area contributed by atoms with Gasteiger partial charge in [0.05, 0.1) is 11.3 Å². The molecule has 5 heteroatoms. The van der Waals surface area contributed by atoms with E-state index in [0.717, 1.165) is 46.1 Å². The summed E-state index contributed by atoms with van der Waals surface area (Å²) in [5.74, 6) is 0.294. The zero-order valence-corrected chi connectivity index (χ0v) is 20.7. The van der Waals surface area contributed by atoms with E-state index in [4.69, 9.17) is 0 Å². The molecule has 6 rings (SSSR count). The molecule has 0 saturated carbocycles. The Kier molecular flexibility index (Phi) is 6.08. The molecule has 0 atom stereocenters. The second-order valence-electron chi connectivity index (χ2n) is 9.21. The zero-order valence-electron chi connectivity index (χ0n) is 19.9. The molecule has 0 saturated heterocycles. The summed E-state index contributed by atoms with van der Waals surface area (Å²) in [7, 11) is 0. The van der Waals surface area contributed by atoms with Crippen LogP contribution in [0.4, 0.5) is 5.69 Å². The van der Waals surface area contributed by atoms with E-state index < -0.39 is 0 Å². The van der Waals surface area contributed by atoms with E-state index in [1.165, 1.54) is 34.8 Å². The molecule has 4 nitrogen and oxygen atoms in total. The quantitative estimate of drug-likeness (QED) is 0.262. The molecule has 0 radical (unpaired) electrons. The minimum absolute atomic E-state index is 0.102. The predicted octanol–water partition coefficient (Wildman–Crippen LogP) is 7.36. The molecule has 0 unspecified atom stereocenters. The Bertz CT molecular complexity index is 1620. The number of carbonyl (C=O) groups excluding carboxylic acids is 2. The minimum Gasteiger partial charge on any atom is -0.322 e. The number of aryl methyl sites for hydroxylation is 1. The lowest BCUT2D eigenvalue weighted by atomic mass is 9.96. The van der Waals surface area contributed by atoms with Crippen LogP contribution in [0.2, 0.25) is 0 Å². The fourth-order valence-electron chi connectivity index (χ4n) is 5.19. The van der Waals surface area contributed by atoms with Crippen LogP contribution < -0.4 is 5.32 Å². The first-order chi connectivity index (χ1) is 17.7. The first-order valence-electron chi connectivity index (χ1n) is 12.3. The number of fused-ring (bicyclic) bond motifs is 4. The fourth-order valence-corrected chi connectivity index (χ4v) is 5.99. The van der Waals surface area contributed by atoms with Crippen molar-refractivity contribution in [3.8, 4) is 0 Å². The van der Waals surface area contributed by atoms with Crippen LogP contribution in [0.25, 0.3) is 21.7 Å². The van der Waals surface area contributed by atoms with Crippen molar-refractivity contribution >= 4 is 50.9 Å². The number of carbonyl (C=O) groups is 2. The zero-order chi connectivity index (χ0) is 24.5. The van der Waals surface area contributed by atoms with Crippen molar-refractivity contribution in [3.63, 3.8) is 0 Å². The normalized spacial score (nSPS) is 13.0. The average Bonchev–Trinajstić information content (AvgIpc) is 3.26. The van der Waals surface area contributed by atoms with E-state index in [2.05, 4.69) is 23.5 Å². The van der Waals surface area contributed by atoms with Gasteiger partial charge in [-0.3, -0.25) is 14.2 Å². The van der Waals surface area contributed by atoms with Gasteiger partial charge in [0.2, 0.25) is 5.91 Å². The second-order valence-corrected chi connectivity index (χ2v) is 10.3. The van der Waals surface area contributed by atoms with E-state index in [9.17, 15) is 9.59 Å². The molecule has 1 aliphatic rings. The molecule has 1 aromatic heterocycles. The van der Waals surface area contributed by atoms with Crippen LogP contribution >= 0.6 is 11.8 Å². The number of amides is 1. The van der Waals surface area contributed by atoms with Gasteiger partial charge in [-0.05, 0) is 78.4 Å². The molecule has 0 fully saturated rings. The van der Waals surface area contributed by atoms with E-state index in [0.29, 0.717) is 11.3 Å². The van der Waals surface area contributed by atoms with Crippen LogP contribution in [0.3, 0.4) is 0 Å². The van der Waals surface area contributed by atoms with E-state index in [1.807, 2.05) is 77.4 Å². The van der Waals surface area contributed by atoms with Crippen molar-refractivity contribution in [2.24, 2.45) is 0 Å². The Hall–Kier alpha value is -3.83. The summed E-state index contributed by atoms with van der Waals surface area (Å²) in [4.78, 5) is 27.2. The lowest BCUT2D eigenvalue weighted by Crippen LogP contribution is -2.18. The monoisotopic (exact) mass is 490 g/mol. The van der Waals surface area contributed by atoms with Gasteiger partial charge in [0.15, 0.2) is 0 Å². The molecular weight excluding hydrogens is 464 g/mol. The van der Waals surface area contributed by atoms with Crippen molar-refractivity contribution < 1.29 is 9.59 Å². The Morgan fingerprint density at radius 2 is 1.61 bits per heavy atom. The lowest BCUT2D eigenvalue weighted by molar-refractivity contribution is 0.0942. The molecule has 1 heterocycles. The van der Waals surface area contributed by atoms with Gasteiger partial charge < -0.3 is 5.32 Å². The number of rotatable bonds is 5. The van der Waals surface area contributed by atoms with Gasteiger partial charge in [-0.25, -0.2) is 0 Å². The first kappa shape index (κ1) is 22.6. The summed E-state index contributed by atoms with van der Waals surface area (Å²) in [6, 6.07) is 29.7. The van der Waals surface area contributed by atoms with Crippen LogP contribution in [0.1, 0.15) is 39.3 Å². The van der Waals surface area contributed by atoms with Gasteiger partial charge >= 0.3 is 0 Å².